The van der Waals surface area contributed by atoms with Crippen molar-refractivity contribution in [3.63, 3.8) is 0 Å². The molecule has 0 aliphatic rings. The molecule has 0 aliphatic heterocycles. The van der Waals surface area contributed by atoms with E-state index in [1.807, 2.05) is 0 Å². The Hall–Kier alpha value is -3.23. The summed E-state index contributed by atoms with van der Waals surface area (Å²) < 4.78 is 17.3. The average molecular weight is 967 g/mol. The van der Waals surface area contributed by atoms with Gasteiger partial charge in [0.1, 0.15) is 12.6 Å². The lowest BCUT2D eigenvalue weighted by Crippen LogP contribution is -2.55. The average Bonchev–Trinajstić information content (AvgIpc) is 3.31. The number of rotatable bonds is 51. The summed E-state index contributed by atoms with van der Waals surface area (Å²) in [7, 11) is 5.41. The van der Waals surface area contributed by atoms with Gasteiger partial charge in [0.15, 0.2) is 6.10 Å². The fourth-order valence-corrected chi connectivity index (χ4v) is 8.21. The van der Waals surface area contributed by atoms with Crippen molar-refractivity contribution in [1.29, 1.82) is 0 Å². The Kier molecular flexibility index (Phi) is 48.7. The van der Waals surface area contributed by atoms with Crippen molar-refractivity contribution >= 4 is 17.9 Å². The monoisotopic (exact) mass is 966 g/mol. The minimum absolute atomic E-state index is 0.0308. The van der Waals surface area contributed by atoms with Crippen molar-refractivity contribution in [2.45, 2.75) is 257 Å². The number of nitrogens with zero attached hydrogens (tertiary/aromatic N) is 1. The van der Waals surface area contributed by atoms with E-state index in [1.54, 1.807) is 21.1 Å². The Bertz CT molecular complexity index is 1360. The highest BCUT2D eigenvalue weighted by atomic mass is 16.6. The van der Waals surface area contributed by atoms with Crippen molar-refractivity contribution in [3.8, 4) is 0 Å². The smallest absolute Gasteiger partial charge is 0.306 e. The molecule has 0 aromatic rings. The van der Waals surface area contributed by atoms with Crippen molar-refractivity contribution in [2.24, 2.45) is 0 Å². The Morgan fingerprint density at radius 2 is 0.812 bits per heavy atom. The van der Waals surface area contributed by atoms with E-state index in [2.05, 4.69) is 86.8 Å². The number of allylic oxidation sites excluding steroid dienone is 12. The van der Waals surface area contributed by atoms with Gasteiger partial charge in [-0.1, -0.05) is 215 Å². The Morgan fingerprint density at radius 1 is 0.449 bits per heavy atom. The topological polar surface area (TPSA) is 102 Å². The summed E-state index contributed by atoms with van der Waals surface area (Å²) in [5.74, 6) is -1.76. The lowest BCUT2D eigenvalue weighted by Gasteiger charge is -2.34. The molecular weight excluding hydrogens is 859 g/mol. The molecule has 0 radical (unpaired) electrons. The maximum absolute atomic E-state index is 12.8. The van der Waals surface area contributed by atoms with Crippen LogP contribution >= 0.6 is 0 Å². The number of likely N-dealkylation sites (N-methyl/N-ethyl adjacent to an activating group) is 1. The lowest BCUT2D eigenvalue weighted by atomic mass is 10.0. The van der Waals surface area contributed by atoms with E-state index in [4.69, 9.17) is 14.2 Å². The van der Waals surface area contributed by atoms with Gasteiger partial charge in [-0.25, -0.2) is 0 Å². The normalized spacial score (nSPS) is 13.3. The van der Waals surface area contributed by atoms with E-state index in [1.165, 1.54) is 128 Å². The van der Waals surface area contributed by atoms with Gasteiger partial charge in [-0.2, -0.15) is 0 Å². The number of aliphatic carboxylic acids is 1. The van der Waals surface area contributed by atoms with Crippen LogP contribution in [-0.2, 0) is 28.6 Å². The Labute approximate surface area is 425 Å². The molecule has 0 saturated heterocycles. The number of hydrogen-bond acceptors (Lipinski definition) is 7. The SMILES string of the molecule is CC/C=C/C/C=C/C/C=C/C/C=C/C/C=C/CCCCCCCCC(=O)OC(COCCC(C(=O)[O-])[N+](C)(C)C)COC(=O)CCCCCCCCC/C=C/CCCCCCCCCCCCCC. The van der Waals surface area contributed by atoms with E-state index in [0.717, 1.165) is 83.5 Å². The van der Waals surface area contributed by atoms with Gasteiger partial charge in [0.2, 0.25) is 0 Å². The second-order valence-electron chi connectivity index (χ2n) is 20.1. The Balaban J connectivity index is 4.22. The van der Waals surface area contributed by atoms with Crippen LogP contribution in [0.5, 0.6) is 0 Å². The van der Waals surface area contributed by atoms with E-state index < -0.39 is 18.1 Å². The molecule has 8 heteroatoms. The lowest BCUT2D eigenvalue weighted by molar-refractivity contribution is -0.889. The first kappa shape index (κ1) is 65.8. The second kappa shape index (κ2) is 51.1. The van der Waals surface area contributed by atoms with Gasteiger partial charge < -0.3 is 28.6 Å². The predicted octanol–water partition coefficient (Wildman–Crippen LogP) is 15.7. The highest BCUT2D eigenvalue weighted by Gasteiger charge is 2.25. The molecule has 0 fully saturated rings. The standard InChI is InChI=1S/C61H107NO7/c1-6-8-10-12-14-16-18-20-22-24-26-28-30-32-33-35-37-39-41-43-45-47-49-51-59(63)68-56-57(55-67-54-53-58(61(65)66)62(3,4)5)69-60(64)52-50-48-46-44-42-40-38-36-34-31-29-27-25-23-21-19-17-15-13-11-9-7-2/h9,11,15,17,21,23,27,29,32-34,36,57-58H,6-8,10,12-14,16,18-20,22,24-26,28,30-31,35,37-56H2,1-5H3/b11-9+,17-15+,23-21+,29-27+,33-32+,36-34+. The first-order valence-electron chi connectivity index (χ1n) is 28.5. The maximum Gasteiger partial charge on any atom is 0.306 e. The van der Waals surface area contributed by atoms with Crippen LogP contribution in [0, 0.1) is 0 Å². The summed E-state index contributed by atoms with van der Waals surface area (Å²) in [5, 5.41) is 11.7. The highest BCUT2D eigenvalue weighted by molar-refractivity contribution is 5.70. The zero-order chi connectivity index (χ0) is 50.6. The minimum atomic E-state index is -1.13. The molecule has 0 amide bonds. The zero-order valence-electron chi connectivity index (χ0n) is 45.5. The van der Waals surface area contributed by atoms with Crippen LogP contribution in [0.4, 0.5) is 0 Å². The molecule has 0 aromatic heterocycles. The molecule has 69 heavy (non-hydrogen) atoms. The molecule has 0 spiro atoms. The van der Waals surface area contributed by atoms with Gasteiger partial charge in [-0.15, -0.1) is 0 Å². The van der Waals surface area contributed by atoms with E-state index in [9.17, 15) is 19.5 Å². The van der Waals surface area contributed by atoms with Crippen LogP contribution in [0.2, 0.25) is 0 Å². The number of carboxylic acid groups (broad SMARTS) is 1. The van der Waals surface area contributed by atoms with Gasteiger partial charge in [0.05, 0.1) is 40.3 Å². The first-order chi connectivity index (χ1) is 33.6. The van der Waals surface area contributed by atoms with Crippen LogP contribution in [0.3, 0.4) is 0 Å². The number of carbonyl (C=O) groups is 3. The molecule has 398 valence electrons. The first-order valence-corrected chi connectivity index (χ1v) is 28.5. The largest absolute Gasteiger partial charge is 0.544 e. The number of esters is 2. The van der Waals surface area contributed by atoms with Crippen LogP contribution in [-0.4, -0.2) is 75.5 Å². The number of hydrogen-bond donors (Lipinski definition) is 0. The quantitative estimate of drug-likeness (QED) is 0.0259. The van der Waals surface area contributed by atoms with Crippen LogP contribution in [0.1, 0.15) is 245 Å². The molecule has 0 bridgehead atoms. The fourth-order valence-electron chi connectivity index (χ4n) is 8.21. The van der Waals surface area contributed by atoms with E-state index >= 15 is 0 Å². The Morgan fingerprint density at radius 3 is 1.22 bits per heavy atom. The number of quaternary nitrogens is 1. The van der Waals surface area contributed by atoms with Gasteiger partial charge >= 0.3 is 11.9 Å². The zero-order valence-corrected chi connectivity index (χ0v) is 45.5. The maximum atomic E-state index is 12.8. The third-order valence-electron chi connectivity index (χ3n) is 12.6. The van der Waals surface area contributed by atoms with Crippen molar-refractivity contribution in [1.82, 2.24) is 0 Å². The van der Waals surface area contributed by atoms with Crippen LogP contribution in [0.25, 0.3) is 0 Å². The van der Waals surface area contributed by atoms with Crippen molar-refractivity contribution in [3.05, 3.63) is 72.9 Å². The van der Waals surface area contributed by atoms with E-state index in [0.29, 0.717) is 12.8 Å². The van der Waals surface area contributed by atoms with Crippen molar-refractivity contribution < 1.29 is 38.2 Å². The molecule has 2 unspecified atom stereocenters. The molecule has 0 aliphatic carbocycles. The van der Waals surface area contributed by atoms with Gasteiger partial charge in [-0.3, -0.25) is 9.59 Å². The summed E-state index contributed by atoms with van der Waals surface area (Å²) >= 11 is 0. The highest BCUT2D eigenvalue weighted by Crippen LogP contribution is 2.15. The summed E-state index contributed by atoms with van der Waals surface area (Å²) in [6.45, 7) is 4.55. The molecule has 0 saturated carbocycles. The molecule has 0 heterocycles. The minimum Gasteiger partial charge on any atom is -0.544 e. The molecule has 2 atom stereocenters. The van der Waals surface area contributed by atoms with Gasteiger partial charge in [0.25, 0.3) is 0 Å². The summed E-state index contributed by atoms with van der Waals surface area (Å²) in [4.78, 5) is 37.2. The molecule has 8 nitrogen and oxygen atoms in total. The van der Waals surface area contributed by atoms with Gasteiger partial charge in [-0.05, 0) is 83.5 Å². The van der Waals surface area contributed by atoms with Crippen LogP contribution in [0.15, 0.2) is 72.9 Å². The fraction of sp³-hybridized carbons (Fsp3) is 0.754. The molecule has 0 N–H and O–H groups in total. The summed E-state index contributed by atoms with van der Waals surface area (Å²) in [5.41, 5.74) is 0. The van der Waals surface area contributed by atoms with Crippen molar-refractivity contribution in [2.75, 3.05) is 41.0 Å². The number of carboxylic acids is 1. The van der Waals surface area contributed by atoms with Crippen LogP contribution < -0.4 is 5.11 Å². The number of ether oxygens (including phenoxy) is 3. The second-order valence-corrected chi connectivity index (χ2v) is 20.1. The number of unbranched alkanes of at least 4 members (excludes halogenated alkanes) is 25. The van der Waals surface area contributed by atoms with Gasteiger partial charge in [0, 0.05) is 19.3 Å². The summed E-state index contributed by atoms with van der Waals surface area (Å²) in [6.07, 6.45) is 66.6. The number of carbonyl (C=O) groups excluding carboxylic acids is 3. The summed E-state index contributed by atoms with van der Waals surface area (Å²) in [6, 6.07) is -0.734. The predicted molar refractivity (Wildman–Crippen MR) is 291 cm³/mol. The molecule has 0 rings (SSSR count). The molecule has 0 aromatic carbocycles. The van der Waals surface area contributed by atoms with E-state index in [-0.39, 0.29) is 42.7 Å². The third kappa shape index (κ3) is 49.5. The third-order valence-corrected chi connectivity index (χ3v) is 12.6. The molecular formula is C61H107NO7.